The highest BCUT2D eigenvalue weighted by molar-refractivity contribution is 9.10. The van der Waals surface area contributed by atoms with Crippen molar-refractivity contribution in [3.63, 3.8) is 0 Å². The lowest BCUT2D eigenvalue weighted by Gasteiger charge is -2.47. The maximum absolute atomic E-state index is 13.0. The van der Waals surface area contributed by atoms with Crippen LogP contribution < -0.4 is 4.90 Å². The summed E-state index contributed by atoms with van der Waals surface area (Å²) in [5.41, 5.74) is 1.48. The van der Waals surface area contributed by atoms with Gasteiger partial charge in [0, 0.05) is 34.5 Å². The van der Waals surface area contributed by atoms with Crippen molar-refractivity contribution in [2.24, 2.45) is 5.92 Å². The number of halogens is 1. The molecule has 1 aromatic carbocycles. The maximum Gasteiger partial charge on any atom is 0.412 e. The van der Waals surface area contributed by atoms with Crippen LogP contribution in [0.1, 0.15) is 56.6 Å². The second-order valence-electron chi connectivity index (χ2n) is 7.89. The van der Waals surface area contributed by atoms with Gasteiger partial charge in [-0.15, -0.1) is 0 Å². The van der Waals surface area contributed by atoms with Crippen LogP contribution in [-0.4, -0.2) is 45.2 Å². The molecule has 2 N–H and O–H groups in total. The van der Waals surface area contributed by atoms with Crippen molar-refractivity contribution in [2.45, 2.75) is 63.1 Å². The molecule has 1 heterocycles. The minimum atomic E-state index is -0.980. The highest BCUT2D eigenvalue weighted by Gasteiger charge is 2.51. The summed E-state index contributed by atoms with van der Waals surface area (Å²) in [6.07, 6.45) is 3.23. The van der Waals surface area contributed by atoms with Crippen molar-refractivity contribution in [1.82, 2.24) is 4.90 Å². The fraction of sp³-hybridized carbons (Fsp3) is 0.550. The van der Waals surface area contributed by atoms with Gasteiger partial charge in [-0.2, -0.15) is 0 Å². The molecule has 2 saturated carbocycles. The summed E-state index contributed by atoms with van der Waals surface area (Å²) in [6, 6.07) is 5.32. The minimum Gasteiger partial charge on any atom is -0.481 e. The third-order valence-electron chi connectivity index (χ3n) is 6.12. The lowest BCUT2D eigenvalue weighted by Crippen LogP contribution is -2.52. The Morgan fingerprint density at radius 2 is 1.86 bits per heavy atom. The molecule has 4 rings (SSSR count). The van der Waals surface area contributed by atoms with Gasteiger partial charge < -0.3 is 15.1 Å². The zero-order chi connectivity index (χ0) is 20.0. The zero-order valence-corrected chi connectivity index (χ0v) is 17.0. The fourth-order valence-electron chi connectivity index (χ4n) is 4.93. The first-order valence-corrected chi connectivity index (χ1v) is 10.5. The monoisotopic (exact) mass is 450 g/mol. The lowest BCUT2D eigenvalue weighted by molar-refractivity contribution is -0.142. The van der Waals surface area contributed by atoms with Crippen LogP contribution >= 0.6 is 15.9 Å². The fourth-order valence-corrected chi connectivity index (χ4v) is 5.31. The number of carbonyl (C=O) groups is 3. The van der Waals surface area contributed by atoms with Crippen LogP contribution in [-0.2, 0) is 9.59 Å². The number of carboxylic acids is 1. The van der Waals surface area contributed by atoms with Crippen LogP contribution in [0.5, 0.6) is 0 Å². The number of carboxylic acid groups (broad SMARTS) is 2. The van der Waals surface area contributed by atoms with Crippen LogP contribution in [0.3, 0.4) is 0 Å². The highest BCUT2D eigenvalue weighted by atomic mass is 79.9. The Bertz CT molecular complexity index is 825. The van der Waals surface area contributed by atoms with Crippen molar-refractivity contribution >= 4 is 39.6 Å². The molecule has 7 nitrogen and oxygen atoms in total. The number of amides is 2. The summed E-state index contributed by atoms with van der Waals surface area (Å²) in [6.45, 7) is 0. The van der Waals surface area contributed by atoms with Gasteiger partial charge in [0.15, 0.2) is 0 Å². The van der Waals surface area contributed by atoms with Crippen LogP contribution in [0.15, 0.2) is 22.7 Å². The lowest BCUT2D eigenvalue weighted by atomic mass is 9.81. The van der Waals surface area contributed by atoms with Crippen molar-refractivity contribution in [1.29, 1.82) is 0 Å². The van der Waals surface area contributed by atoms with Crippen molar-refractivity contribution in [3.05, 3.63) is 28.2 Å². The smallest absolute Gasteiger partial charge is 0.412 e. The van der Waals surface area contributed by atoms with Crippen molar-refractivity contribution in [2.75, 3.05) is 4.90 Å². The Hall–Kier alpha value is -2.09. The van der Waals surface area contributed by atoms with Crippen LogP contribution in [0.4, 0.5) is 10.5 Å². The topological polar surface area (TPSA) is 98.2 Å². The van der Waals surface area contributed by atoms with Gasteiger partial charge >= 0.3 is 12.1 Å². The van der Waals surface area contributed by atoms with E-state index in [0.717, 1.165) is 42.1 Å². The van der Waals surface area contributed by atoms with E-state index < -0.39 is 12.1 Å². The predicted octanol–water partition coefficient (Wildman–Crippen LogP) is 4.01. The van der Waals surface area contributed by atoms with E-state index in [-0.39, 0.29) is 42.8 Å². The Morgan fingerprint density at radius 3 is 2.50 bits per heavy atom. The SMILES string of the molecule is O=C(O)CCC(=O)N(C1CC1)C1c2cc(Br)ccc2N(C(=O)O)[C@@H]2CCC[C@H]12. The molecule has 0 radical (unpaired) electrons. The first-order valence-electron chi connectivity index (χ1n) is 9.73. The molecule has 1 unspecified atom stereocenters. The summed E-state index contributed by atoms with van der Waals surface area (Å²) >= 11 is 3.49. The summed E-state index contributed by atoms with van der Waals surface area (Å²) in [7, 11) is 0. The standard InChI is InChI=1S/C20H23BrN2O5/c21-11-4-7-16-14(10-11)19(13-2-1-3-15(13)23(16)20(27)28)22(12-5-6-12)17(24)8-9-18(25)26/h4,7,10,12-13,15,19H,1-3,5-6,8-9H2,(H,25,26)(H,27,28)/t13-,15+,19?/m0/s1. The third-order valence-corrected chi connectivity index (χ3v) is 6.62. The Morgan fingerprint density at radius 1 is 1.11 bits per heavy atom. The molecule has 8 heteroatoms. The normalized spacial score (nSPS) is 25.8. The van der Waals surface area contributed by atoms with E-state index in [1.165, 1.54) is 4.90 Å². The number of fused-ring (bicyclic) bond motifs is 2. The van der Waals surface area contributed by atoms with E-state index in [2.05, 4.69) is 15.9 Å². The molecule has 0 spiro atoms. The molecule has 2 fully saturated rings. The molecule has 3 aliphatic rings. The number of hydrogen-bond acceptors (Lipinski definition) is 3. The second-order valence-corrected chi connectivity index (χ2v) is 8.80. The van der Waals surface area contributed by atoms with E-state index in [0.29, 0.717) is 5.69 Å². The molecule has 1 aromatic rings. The average Bonchev–Trinajstić information content (AvgIpc) is 3.35. The number of carbonyl (C=O) groups excluding carboxylic acids is 1. The highest BCUT2D eigenvalue weighted by Crippen LogP contribution is 2.53. The molecule has 3 atom stereocenters. The van der Waals surface area contributed by atoms with E-state index in [9.17, 15) is 19.5 Å². The number of anilines is 1. The predicted molar refractivity (Wildman–Crippen MR) is 105 cm³/mol. The molecule has 0 bridgehead atoms. The Balaban J connectivity index is 1.78. The molecule has 28 heavy (non-hydrogen) atoms. The van der Waals surface area contributed by atoms with E-state index in [4.69, 9.17) is 5.11 Å². The van der Waals surface area contributed by atoms with E-state index in [1.54, 1.807) is 0 Å². The van der Waals surface area contributed by atoms with Gasteiger partial charge in [-0.1, -0.05) is 22.4 Å². The second kappa shape index (κ2) is 7.39. The first kappa shape index (κ1) is 19.2. The van der Waals surface area contributed by atoms with Crippen LogP contribution in [0.25, 0.3) is 0 Å². The average molecular weight is 451 g/mol. The Kier molecular flexibility index (Phi) is 5.07. The quantitative estimate of drug-likeness (QED) is 0.705. The van der Waals surface area contributed by atoms with E-state index in [1.807, 2.05) is 23.1 Å². The summed E-state index contributed by atoms with van der Waals surface area (Å²) in [4.78, 5) is 39.4. The van der Waals surface area contributed by atoms with Gasteiger partial charge in [-0.3, -0.25) is 14.5 Å². The Labute approximate surface area is 171 Å². The van der Waals surface area contributed by atoms with Gasteiger partial charge in [0.25, 0.3) is 0 Å². The number of aliphatic carboxylic acids is 1. The van der Waals surface area contributed by atoms with Gasteiger partial charge in [0.1, 0.15) is 0 Å². The third kappa shape index (κ3) is 3.38. The van der Waals surface area contributed by atoms with Gasteiger partial charge in [-0.25, -0.2) is 4.79 Å². The summed E-state index contributed by atoms with van der Waals surface area (Å²) in [5, 5.41) is 18.9. The van der Waals surface area contributed by atoms with E-state index >= 15 is 0 Å². The zero-order valence-electron chi connectivity index (χ0n) is 15.4. The minimum absolute atomic E-state index is 0.0221. The number of hydrogen-bond donors (Lipinski definition) is 2. The first-order chi connectivity index (χ1) is 13.4. The number of rotatable bonds is 5. The molecule has 0 aromatic heterocycles. The van der Waals surface area contributed by atoms with Crippen LogP contribution in [0.2, 0.25) is 0 Å². The van der Waals surface area contributed by atoms with Gasteiger partial charge in [0.2, 0.25) is 5.91 Å². The molecule has 150 valence electrons. The molecular formula is C20H23BrN2O5. The van der Waals surface area contributed by atoms with Crippen molar-refractivity contribution < 1.29 is 24.6 Å². The summed E-state index contributed by atoms with van der Waals surface area (Å²) in [5.74, 6) is -1.09. The van der Waals surface area contributed by atoms with Gasteiger partial charge in [-0.05, 0) is 43.9 Å². The van der Waals surface area contributed by atoms with Gasteiger partial charge in [0.05, 0.1) is 18.2 Å². The maximum atomic E-state index is 13.0. The summed E-state index contributed by atoms with van der Waals surface area (Å²) < 4.78 is 0.840. The largest absolute Gasteiger partial charge is 0.481 e. The molecule has 2 aliphatic carbocycles. The van der Waals surface area contributed by atoms with Crippen molar-refractivity contribution in [3.8, 4) is 0 Å². The molecule has 2 amide bonds. The number of nitrogens with zero attached hydrogens (tertiary/aromatic N) is 2. The number of benzene rings is 1. The molecule has 0 saturated heterocycles. The van der Waals surface area contributed by atoms with Crippen LogP contribution in [0, 0.1) is 5.92 Å². The molecule has 1 aliphatic heterocycles. The molecular weight excluding hydrogens is 428 g/mol.